The quantitative estimate of drug-likeness (QED) is 0.576. The lowest BCUT2D eigenvalue weighted by molar-refractivity contribution is -0.137. The van der Waals surface area contributed by atoms with Gasteiger partial charge in [0.2, 0.25) is 0 Å². The number of pyridine rings is 1. The molecule has 2 heterocycles. The van der Waals surface area contributed by atoms with E-state index in [-0.39, 0.29) is 6.03 Å². The van der Waals surface area contributed by atoms with E-state index in [2.05, 4.69) is 15.6 Å². The molecule has 1 aromatic heterocycles. The highest BCUT2D eigenvalue weighted by Crippen LogP contribution is 2.34. The van der Waals surface area contributed by atoms with Gasteiger partial charge in [-0.3, -0.25) is 4.90 Å². The van der Waals surface area contributed by atoms with Gasteiger partial charge in [-0.15, -0.1) is 0 Å². The minimum Gasteiger partial charge on any atom is -0.382 e. The Bertz CT molecular complexity index is 1090. The number of hydrogen-bond acceptors (Lipinski definition) is 3. The van der Waals surface area contributed by atoms with Gasteiger partial charge in [-0.05, 0) is 42.7 Å². The lowest BCUT2D eigenvalue weighted by Gasteiger charge is -2.22. The fourth-order valence-electron chi connectivity index (χ4n) is 3.63. The Hall–Kier alpha value is -3.55. The van der Waals surface area contributed by atoms with Crippen LogP contribution in [0.25, 0.3) is 11.3 Å². The predicted octanol–water partition coefficient (Wildman–Crippen LogP) is 5.34. The van der Waals surface area contributed by atoms with Gasteiger partial charge in [-0.1, -0.05) is 42.5 Å². The summed E-state index contributed by atoms with van der Waals surface area (Å²) in [5.41, 5.74) is 1.78. The van der Waals surface area contributed by atoms with Crippen LogP contribution in [0.1, 0.15) is 17.5 Å². The maximum Gasteiger partial charge on any atom is 0.416 e. The van der Waals surface area contributed by atoms with Crippen LogP contribution in [-0.2, 0) is 12.6 Å². The van der Waals surface area contributed by atoms with E-state index in [1.54, 1.807) is 23.1 Å². The molecule has 2 aromatic carbocycles. The van der Waals surface area contributed by atoms with Crippen molar-refractivity contribution < 1.29 is 18.0 Å². The molecule has 0 spiro atoms. The molecular formula is C24H23F3N4O. The lowest BCUT2D eigenvalue weighted by Crippen LogP contribution is -2.41. The Labute approximate surface area is 184 Å². The third-order valence-corrected chi connectivity index (χ3v) is 5.27. The number of anilines is 2. The second kappa shape index (κ2) is 9.30. The van der Waals surface area contributed by atoms with Crippen molar-refractivity contribution in [3.63, 3.8) is 0 Å². The third-order valence-electron chi connectivity index (χ3n) is 5.27. The van der Waals surface area contributed by atoms with Crippen molar-refractivity contribution in [1.29, 1.82) is 0 Å². The zero-order valence-corrected chi connectivity index (χ0v) is 17.3. The number of aromatic nitrogens is 1. The smallest absolute Gasteiger partial charge is 0.382 e. The molecule has 4 rings (SSSR count). The summed E-state index contributed by atoms with van der Waals surface area (Å²) in [6.45, 7) is 1.59. The fourth-order valence-corrected chi connectivity index (χ4v) is 3.63. The Morgan fingerprint density at radius 3 is 2.66 bits per heavy atom. The van der Waals surface area contributed by atoms with Crippen molar-refractivity contribution in [3.05, 3.63) is 77.9 Å². The largest absolute Gasteiger partial charge is 0.416 e. The van der Waals surface area contributed by atoms with Crippen molar-refractivity contribution in [1.82, 2.24) is 10.3 Å². The Morgan fingerprint density at radius 1 is 1.06 bits per heavy atom. The molecule has 1 aliphatic rings. The molecule has 2 N–H and O–H groups in total. The molecule has 0 atom stereocenters. The lowest BCUT2D eigenvalue weighted by atomic mass is 10.1. The van der Waals surface area contributed by atoms with Gasteiger partial charge in [0.05, 0.1) is 16.9 Å². The molecule has 0 unspecified atom stereocenters. The normalized spacial score (nSPS) is 13.7. The number of alkyl halides is 3. The SMILES string of the molecule is O=C(NCCc1ccccc1)N1CCCNc2ccc(-c3cccc(C(F)(F)F)c3)nc21. The highest BCUT2D eigenvalue weighted by molar-refractivity contribution is 5.95. The van der Waals surface area contributed by atoms with Crippen LogP contribution in [-0.4, -0.2) is 30.6 Å². The van der Waals surface area contributed by atoms with E-state index in [0.29, 0.717) is 48.8 Å². The van der Waals surface area contributed by atoms with Crippen LogP contribution in [0.2, 0.25) is 0 Å². The minimum atomic E-state index is -4.44. The van der Waals surface area contributed by atoms with Gasteiger partial charge >= 0.3 is 12.2 Å². The molecule has 0 saturated heterocycles. The monoisotopic (exact) mass is 440 g/mol. The van der Waals surface area contributed by atoms with E-state index < -0.39 is 11.7 Å². The minimum absolute atomic E-state index is 0.278. The predicted molar refractivity (Wildman–Crippen MR) is 119 cm³/mol. The third kappa shape index (κ3) is 5.01. The van der Waals surface area contributed by atoms with Gasteiger partial charge < -0.3 is 10.6 Å². The van der Waals surface area contributed by atoms with Gasteiger partial charge in [0.15, 0.2) is 5.82 Å². The van der Waals surface area contributed by atoms with Crippen molar-refractivity contribution in [2.75, 3.05) is 29.9 Å². The maximum absolute atomic E-state index is 13.1. The number of rotatable bonds is 4. The number of fused-ring (bicyclic) bond motifs is 1. The summed E-state index contributed by atoms with van der Waals surface area (Å²) >= 11 is 0. The summed E-state index contributed by atoms with van der Waals surface area (Å²) < 4.78 is 39.4. The Kier molecular flexibility index (Phi) is 6.30. The van der Waals surface area contributed by atoms with Crippen molar-refractivity contribution in [2.45, 2.75) is 19.0 Å². The number of urea groups is 1. The second-order valence-corrected chi connectivity index (χ2v) is 7.55. The first-order valence-electron chi connectivity index (χ1n) is 10.4. The maximum atomic E-state index is 13.1. The molecule has 3 aromatic rings. The number of carbonyl (C=O) groups excluding carboxylic acids is 1. The first kappa shape index (κ1) is 21.7. The zero-order valence-electron chi connectivity index (χ0n) is 17.3. The molecule has 1 aliphatic heterocycles. The average molecular weight is 440 g/mol. The van der Waals surface area contributed by atoms with Crippen LogP contribution in [0.15, 0.2) is 66.7 Å². The van der Waals surface area contributed by atoms with Gasteiger partial charge in [0.1, 0.15) is 0 Å². The molecular weight excluding hydrogens is 417 g/mol. The van der Waals surface area contributed by atoms with Gasteiger partial charge in [-0.25, -0.2) is 9.78 Å². The molecule has 5 nitrogen and oxygen atoms in total. The molecule has 2 amide bonds. The molecule has 0 radical (unpaired) electrons. The van der Waals surface area contributed by atoms with E-state index in [4.69, 9.17) is 0 Å². The van der Waals surface area contributed by atoms with Crippen molar-refractivity contribution in [3.8, 4) is 11.3 Å². The van der Waals surface area contributed by atoms with E-state index in [9.17, 15) is 18.0 Å². The van der Waals surface area contributed by atoms with E-state index in [1.165, 1.54) is 6.07 Å². The Morgan fingerprint density at radius 2 is 1.88 bits per heavy atom. The summed E-state index contributed by atoms with van der Waals surface area (Å²) in [6.07, 6.45) is -3.02. The number of benzene rings is 2. The van der Waals surface area contributed by atoms with Crippen LogP contribution >= 0.6 is 0 Å². The first-order valence-corrected chi connectivity index (χ1v) is 10.4. The molecule has 0 bridgehead atoms. The first-order chi connectivity index (χ1) is 15.4. The number of amides is 2. The van der Waals surface area contributed by atoms with Crippen LogP contribution in [0.3, 0.4) is 0 Å². The molecule has 0 fully saturated rings. The molecule has 8 heteroatoms. The van der Waals surface area contributed by atoms with Crippen LogP contribution in [0.5, 0.6) is 0 Å². The average Bonchev–Trinajstić information content (AvgIpc) is 3.01. The molecule has 32 heavy (non-hydrogen) atoms. The van der Waals surface area contributed by atoms with Crippen LogP contribution in [0, 0.1) is 0 Å². The van der Waals surface area contributed by atoms with Gasteiger partial charge in [0.25, 0.3) is 0 Å². The standard InChI is InChI=1S/C24H23F3N4O/c25-24(26,27)19-9-4-8-18(16-19)20-10-11-21-22(30-20)31(15-5-13-28-21)23(32)29-14-12-17-6-2-1-3-7-17/h1-4,6-11,16,28H,5,12-15H2,(H,29,32). The van der Waals surface area contributed by atoms with Crippen LogP contribution < -0.4 is 15.5 Å². The van der Waals surface area contributed by atoms with E-state index >= 15 is 0 Å². The van der Waals surface area contributed by atoms with Crippen molar-refractivity contribution in [2.24, 2.45) is 0 Å². The fraction of sp³-hybridized carbons (Fsp3) is 0.250. The highest BCUT2D eigenvalue weighted by Gasteiger charge is 2.30. The summed E-state index contributed by atoms with van der Waals surface area (Å²) in [7, 11) is 0. The summed E-state index contributed by atoms with van der Waals surface area (Å²) in [5.74, 6) is 0.412. The highest BCUT2D eigenvalue weighted by atomic mass is 19.4. The summed E-state index contributed by atoms with van der Waals surface area (Å²) in [6, 6.07) is 18.0. The summed E-state index contributed by atoms with van der Waals surface area (Å²) in [4.78, 5) is 19.1. The summed E-state index contributed by atoms with van der Waals surface area (Å²) in [5, 5.41) is 6.17. The van der Waals surface area contributed by atoms with Gasteiger partial charge in [-0.2, -0.15) is 13.2 Å². The topological polar surface area (TPSA) is 57.3 Å². The number of nitrogens with one attached hydrogen (secondary N) is 2. The second-order valence-electron chi connectivity index (χ2n) is 7.55. The molecule has 0 saturated carbocycles. The van der Waals surface area contributed by atoms with Crippen LogP contribution in [0.4, 0.5) is 29.5 Å². The number of halogens is 3. The van der Waals surface area contributed by atoms with Crippen molar-refractivity contribution >= 4 is 17.5 Å². The number of carbonyl (C=O) groups is 1. The Balaban J connectivity index is 1.56. The van der Waals surface area contributed by atoms with E-state index in [1.807, 2.05) is 30.3 Å². The number of nitrogens with zero attached hydrogens (tertiary/aromatic N) is 2. The number of hydrogen-bond donors (Lipinski definition) is 2. The van der Waals surface area contributed by atoms with Gasteiger partial charge in [0, 0.05) is 25.2 Å². The zero-order chi connectivity index (χ0) is 22.6. The van der Waals surface area contributed by atoms with E-state index in [0.717, 1.165) is 24.1 Å². The molecule has 166 valence electrons. The molecule has 0 aliphatic carbocycles.